The number of para-hydroxylation sites is 1. The van der Waals surface area contributed by atoms with E-state index in [0.717, 1.165) is 60.6 Å². The van der Waals surface area contributed by atoms with E-state index in [1.165, 1.54) is 5.56 Å². The molecule has 1 aliphatic heterocycles. The molecule has 4 heterocycles. The Bertz CT molecular complexity index is 1480. The number of aromatic nitrogens is 3. The molecule has 8 heteroatoms. The van der Waals surface area contributed by atoms with E-state index in [-0.39, 0.29) is 24.7 Å². The number of pyridine rings is 3. The third-order valence-electron chi connectivity index (χ3n) is 7.48. The normalized spacial score (nSPS) is 15.7. The standard InChI is InChI=1S/C31H37N5O3/c1-22-9-10-26(17-33-22)35-13-5-6-27(21-35)36(18-24-11-12-32-23(2)16-24)20-25-19-34(3)30-28(31(25)38)7-4-8-29(30)39-15-14-37/h4,7-12,16-17,19,27,37H,5-6,13-15,18,20-21H2,1-3H3. The number of fused-ring (bicyclic) bond motifs is 1. The molecule has 1 unspecified atom stereocenters. The zero-order valence-electron chi connectivity index (χ0n) is 23.0. The second-order valence-electron chi connectivity index (χ2n) is 10.4. The van der Waals surface area contributed by atoms with Gasteiger partial charge in [-0.1, -0.05) is 6.07 Å². The second kappa shape index (κ2) is 12.0. The minimum absolute atomic E-state index is 0.0175. The van der Waals surface area contributed by atoms with Crippen molar-refractivity contribution in [2.24, 2.45) is 7.05 Å². The van der Waals surface area contributed by atoms with Crippen molar-refractivity contribution in [1.29, 1.82) is 0 Å². The molecule has 1 N–H and O–H groups in total. The van der Waals surface area contributed by atoms with E-state index in [1.54, 1.807) is 0 Å². The fourth-order valence-electron chi connectivity index (χ4n) is 5.59. The molecule has 4 aromatic rings. The van der Waals surface area contributed by atoms with E-state index in [0.29, 0.717) is 17.7 Å². The fraction of sp³-hybridized carbons (Fsp3) is 0.387. The Morgan fingerprint density at radius 2 is 1.97 bits per heavy atom. The third kappa shape index (κ3) is 6.13. The first-order valence-electron chi connectivity index (χ1n) is 13.6. The Morgan fingerprint density at radius 1 is 1.10 bits per heavy atom. The summed E-state index contributed by atoms with van der Waals surface area (Å²) in [4.78, 5) is 27.5. The maximum Gasteiger partial charge on any atom is 0.194 e. The number of nitrogens with zero attached hydrogens (tertiary/aromatic N) is 5. The number of piperidine rings is 1. The number of benzene rings is 1. The molecule has 0 radical (unpaired) electrons. The summed E-state index contributed by atoms with van der Waals surface area (Å²) < 4.78 is 7.71. The van der Waals surface area contributed by atoms with Crippen LogP contribution in [-0.2, 0) is 20.1 Å². The monoisotopic (exact) mass is 527 g/mol. The third-order valence-corrected chi connectivity index (χ3v) is 7.48. The van der Waals surface area contributed by atoms with E-state index < -0.39 is 0 Å². The molecule has 8 nitrogen and oxygen atoms in total. The quantitative estimate of drug-likeness (QED) is 0.352. The Kier molecular flexibility index (Phi) is 8.24. The topological polar surface area (TPSA) is 83.7 Å². The second-order valence-corrected chi connectivity index (χ2v) is 10.4. The van der Waals surface area contributed by atoms with E-state index in [1.807, 2.05) is 62.3 Å². The minimum Gasteiger partial charge on any atom is -0.489 e. The fourth-order valence-corrected chi connectivity index (χ4v) is 5.59. The van der Waals surface area contributed by atoms with Gasteiger partial charge in [-0.2, -0.15) is 0 Å². The van der Waals surface area contributed by atoms with Crippen LogP contribution in [0.25, 0.3) is 10.9 Å². The summed E-state index contributed by atoms with van der Waals surface area (Å²) in [5.74, 6) is 0.603. The van der Waals surface area contributed by atoms with E-state index in [9.17, 15) is 9.90 Å². The number of aliphatic hydroxyl groups is 1. The summed E-state index contributed by atoms with van der Waals surface area (Å²) in [7, 11) is 1.94. The molecule has 1 atom stereocenters. The highest BCUT2D eigenvalue weighted by Gasteiger charge is 2.27. The van der Waals surface area contributed by atoms with Gasteiger partial charge in [-0.05, 0) is 68.7 Å². The molecule has 1 saturated heterocycles. The predicted molar refractivity (Wildman–Crippen MR) is 154 cm³/mol. The average molecular weight is 528 g/mol. The summed E-state index contributed by atoms with van der Waals surface area (Å²) in [6.45, 7) is 7.26. The van der Waals surface area contributed by atoms with Crippen molar-refractivity contribution in [1.82, 2.24) is 19.4 Å². The highest BCUT2D eigenvalue weighted by atomic mass is 16.5. The van der Waals surface area contributed by atoms with Crippen LogP contribution >= 0.6 is 0 Å². The largest absolute Gasteiger partial charge is 0.489 e. The lowest BCUT2D eigenvalue weighted by Crippen LogP contribution is -2.48. The lowest BCUT2D eigenvalue weighted by molar-refractivity contribution is 0.158. The van der Waals surface area contributed by atoms with Crippen LogP contribution in [-0.4, -0.2) is 56.9 Å². The van der Waals surface area contributed by atoms with Crippen LogP contribution < -0.4 is 15.1 Å². The van der Waals surface area contributed by atoms with Gasteiger partial charge in [0.1, 0.15) is 12.4 Å². The lowest BCUT2D eigenvalue weighted by Gasteiger charge is -2.40. The van der Waals surface area contributed by atoms with Gasteiger partial charge in [-0.15, -0.1) is 0 Å². The first-order valence-corrected chi connectivity index (χ1v) is 13.6. The highest BCUT2D eigenvalue weighted by Crippen LogP contribution is 2.27. The number of hydrogen-bond acceptors (Lipinski definition) is 7. The molecule has 0 saturated carbocycles. The first kappa shape index (κ1) is 26.8. The van der Waals surface area contributed by atoms with Crippen LogP contribution in [0.2, 0.25) is 0 Å². The van der Waals surface area contributed by atoms with Gasteiger partial charge >= 0.3 is 0 Å². The van der Waals surface area contributed by atoms with Crippen LogP contribution in [0.3, 0.4) is 0 Å². The van der Waals surface area contributed by atoms with Gasteiger partial charge in [0, 0.05) is 74.0 Å². The smallest absolute Gasteiger partial charge is 0.194 e. The van der Waals surface area contributed by atoms with Gasteiger partial charge < -0.3 is 19.3 Å². The minimum atomic E-state index is -0.0804. The average Bonchev–Trinajstić information content (AvgIpc) is 2.94. The molecule has 0 aliphatic carbocycles. The van der Waals surface area contributed by atoms with Gasteiger partial charge in [-0.3, -0.25) is 19.7 Å². The van der Waals surface area contributed by atoms with Crippen LogP contribution in [0.5, 0.6) is 5.75 Å². The van der Waals surface area contributed by atoms with Crippen molar-refractivity contribution in [2.45, 2.75) is 45.8 Å². The number of aryl methyl sites for hydroxylation is 3. The van der Waals surface area contributed by atoms with E-state index in [4.69, 9.17) is 4.74 Å². The number of aliphatic hydroxyl groups excluding tert-OH is 1. The Labute approximate surface area is 229 Å². The first-order chi connectivity index (χ1) is 18.9. The van der Waals surface area contributed by atoms with Gasteiger partial charge in [0.25, 0.3) is 0 Å². The summed E-state index contributed by atoms with van der Waals surface area (Å²) in [5, 5.41) is 9.85. The van der Waals surface area contributed by atoms with E-state index in [2.05, 4.69) is 44.0 Å². The number of rotatable bonds is 9. The van der Waals surface area contributed by atoms with Gasteiger partial charge in [0.2, 0.25) is 0 Å². The zero-order valence-corrected chi connectivity index (χ0v) is 23.0. The summed E-state index contributed by atoms with van der Waals surface area (Å²) in [6, 6.07) is 14.2. The Hall–Kier alpha value is -3.75. The van der Waals surface area contributed by atoms with Crippen molar-refractivity contribution >= 4 is 16.6 Å². The molecule has 0 spiro atoms. The molecule has 5 rings (SSSR count). The van der Waals surface area contributed by atoms with Crippen LogP contribution in [0.4, 0.5) is 5.69 Å². The molecular formula is C31H37N5O3. The Balaban J connectivity index is 1.48. The summed E-state index contributed by atoms with van der Waals surface area (Å²) >= 11 is 0. The molecule has 1 aromatic carbocycles. The molecule has 3 aromatic heterocycles. The molecule has 1 aliphatic rings. The summed E-state index contributed by atoms with van der Waals surface area (Å²) in [6.07, 6.45) is 7.89. The van der Waals surface area contributed by atoms with Gasteiger partial charge in [0.05, 0.1) is 24.0 Å². The molecule has 39 heavy (non-hydrogen) atoms. The highest BCUT2D eigenvalue weighted by molar-refractivity contribution is 5.85. The maximum atomic E-state index is 13.8. The van der Waals surface area contributed by atoms with Crippen LogP contribution in [0.1, 0.15) is 35.4 Å². The number of ether oxygens (including phenoxy) is 1. The molecule has 0 bridgehead atoms. The lowest BCUT2D eigenvalue weighted by atomic mass is 10.0. The molecule has 0 amide bonds. The molecule has 1 fully saturated rings. The van der Waals surface area contributed by atoms with Crippen molar-refractivity contribution in [2.75, 3.05) is 31.2 Å². The Morgan fingerprint density at radius 3 is 2.74 bits per heavy atom. The van der Waals surface area contributed by atoms with Gasteiger partial charge in [-0.25, -0.2) is 0 Å². The predicted octanol–water partition coefficient (Wildman–Crippen LogP) is 3.99. The molecule has 204 valence electrons. The zero-order chi connectivity index (χ0) is 27.4. The maximum absolute atomic E-state index is 13.8. The number of anilines is 1. The SMILES string of the molecule is Cc1ccc(N2CCCC(N(Cc3ccnc(C)c3)Cc3cn(C)c4c(OCCO)cccc4c3=O)C2)cn1. The molecular weight excluding hydrogens is 490 g/mol. The van der Waals surface area contributed by atoms with Crippen molar-refractivity contribution in [3.8, 4) is 5.75 Å². The van der Waals surface area contributed by atoms with Crippen LogP contribution in [0.15, 0.2) is 65.8 Å². The number of hydrogen-bond donors (Lipinski definition) is 1. The van der Waals surface area contributed by atoms with Crippen LogP contribution in [0, 0.1) is 13.8 Å². The van der Waals surface area contributed by atoms with Crippen molar-refractivity contribution in [3.63, 3.8) is 0 Å². The van der Waals surface area contributed by atoms with E-state index >= 15 is 0 Å². The van der Waals surface area contributed by atoms with Crippen molar-refractivity contribution in [3.05, 3.63) is 93.8 Å². The van der Waals surface area contributed by atoms with Crippen molar-refractivity contribution < 1.29 is 9.84 Å². The van der Waals surface area contributed by atoms with Gasteiger partial charge in [0.15, 0.2) is 5.43 Å². The summed E-state index contributed by atoms with van der Waals surface area (Å²) in [5.41, 5.74) is 5.84.